The molecule has 8 nitrogen and oxygen atoms in total. The lowest BCUT2D eigenvalue weighted by Crippen LogP contribution is -2.29. The number of nitrogens with one attached hydrogen (secondary N) is 2. The molecule has 0 bridgehead atoms. The van der Waals surface area contributed by atoms with Crippen molar-refractivity contribution in [3.8, 4) is 5.69 Å². The summed E-state index contributed by atoms with van der Waals surface area (Å²) in [5, 5.41) is 19.7. The highest BCUT2D eigenvalue weighted by Crippen LogP contribution is 2.38. The Morgan fingerprint density at radius 3 is 2.63 bits per heavy atom. The first-order chi connectivity index (χ1) is 16.6. The monoisotopic (exact) mass is 478 g/mol. The SMILES string of the molecule is COCc1cc2cc(-n3nc(C)c4c3CC(C)(C)CC4=O)cc(NC3CCC(O)CC3)c2c(=O)[nH]1. The van der Waals surface area contributed by atoms with Crippen LogP contribution in [0.1, 0.15) is 73.4 Å². The highest BCUT2D eigenvalue weighted by Gasteiger charge is 2.36. The highest BCUT2D eigenvalue weighted by atomic mass is 16.5. The molecule has 2 aromatic heterocycles. The third-order valence-corrected chi connectivity index (χ3v) is 7.31. The summed E-state index contributed by atoms with van der Waals surface area (Å²) >= 11 is 0. The third-order valence-electron chi connectivity index (χ3n) is 7.31. The Bertz CT molecular complexity index is 1350. The van der Waals surface area contributed by atoms with Crippen LogP contribution in [0.3, 0.4) is 0 Å². The van der Waals surface area contributed by atoms with E-state index in [-0.39, 0.29) is 28.9 Å². The van der Waals surface area contributed by atoms with Crippen LogP contribution >= 0.6 is 0 Å². The second kappa shape index (κ2) is 8.91. The molecule has 1 fully saturated rings. The van der Waals surface area contributed by atoms with Crippen LogP contribution in [0.4, 0.5) is 5.69 Å². The number of aromatic nitrogens is 3. The number of hydrogen-bond acceptors (Lipinski definition) is 6. The van der Waals surface area contributed by atoms with Crippen molar-refractivity contribution in [1.82, 2.24) is 14.8 Å². The van der Waals surface area contributed by atoms with Crippen molar-refractivity contribution >= 4 is 22.2 Å². The number of ketones is 1. The van der Waals surface area contributed by atoms with Gasteiger partial charge >= 0.3 is 0 Å². The quantitative estimate of drug-likeness (QED) is 0.511. The third kappa shape index (κ3) is 4.52. The van der Waals surface area contributed by atoms with Crippen molar-refractivity contribution in [3.05, 3.63) is 51.2 Å². The summed E-state index contributed by atoms with van der Waals surface area (Å²) in [4.78, 5) is 29.0. The topological polar surface area (TPSA) is 109 Å². The number of hydrogen-bond donors (Lipinski definition) is 3. The van der Waals surface area contributed by atoms with E-state index in [0.29, 0.717) is 24.1 Å². The number of methoxy groups -OCH3 is 1. The molecule has 186 valence electrons. The molecule has 0 radical (unpaired) electrons. The maximum Gasteiger partial charge on any atom is 0.258 e. The number of fused-ring (bicyclic) bond motifs is 2. The standard InChI is InChI=1S/C27H34N4O4/c1-15-24-22(12-27(2,3)13-23(24)33)31(30-15)19-10-16-9-18(14-35-4)29-26(34)25(16)21(11-19)28-17-5-7-20(32)8-6-17/h9-11,17,20,28,32H,5-8,12-14H2,1-4H3,(H,29,34). The number of aliphatic hydroxyl groups excluding tert-OH is 1. The van der Waals surface area contributed by atoms with Crippen LogP contribution in [-0.4, -0.2) is 44.9 Å². The minimum absolute atomic E-state index is 0.138. The lowest BCUT2D eigenvalue weighted by Gasteiger charge is -2.29. The average Bonchev–Trinajstić information content (AvgIpc) is 3.10. The number of pyridine rings is 1. The molecular formula is C27H34N4O4. The van der Waals surface area contributed by atoms with Crippen LogP contribution in [-0.2, 0) is 17.8 Å². The van der Waals surface area contributed by atoms with Crippen molar-refractivity contribution in [2.24, 2.45) is 5.41 Å². The Morgan fingerprint density at radius 1 is 1.17 bits per heavy atom. The van der Waals surface area contributed by atoms with E-state index in [1.807, 2.05) is 29.8 Å². The normalized spacial score (nSPS) is 21.8. The summed E-state index contributed by atoms with van der Waals surface area (Å²) in [5.74, 6) is 0.138. The van der Waals surface area contributed by atoms with Crippen LogP contribution in [0.25, 0.3) is 16.5 Å². The van der Waals surface area contributed by atoms with Gasteiger partial charge in [-0.2, -0.15) is 5.10 Å². The molecule has 2 heterocycles. The number of aromatic amines is 1. The maximum absolute atomic E-state index is 13.1. The highest BCUT2D eigenvalue weighted by molar-refractivity contribution is 6.00. The molecule has 3 N–H and O–H groups in total. The zero-order valence-electron chi connectivity index (χ0n) is 20.9. The number of benzene rings is 1. The van der Waals surface area contributed by atoms with Crippen LogP contribution in [0.5, 0.6) is 0 Å². The van der Waals surface area contributed by atoms with Gasteiger partial charge in [0.25, 0.3) is 5.56 Å². The molecular weight excluding hydrogens is 444 g/mol. The number of H-pyrrole nitrogens is 1. The van der Waals surface area contributed by atoms with Gasteiger partial charge in [-0.15, -0.1) is 0 Å². The fourth-order valence-electron chi connectivity index (χ4n) is 5.71. The van der Waals surface area contributed by atoms with E-state index in [1.165, 1.54) is 0 Å². The first kappa shape index (κ1) is 23.8. The van der Waals surface area contributed by atoms with Gasteiger partial charge in [-0.1, -0.05) is 13.8 Å². The van der Waals surface area contributed by atoms with Crippen molar-refractivity contribution in [1.29, 1.82) is 0 Å². The minimum Gasteiger partial charge on any atom is -0.393 e. The molecule has 0 saturated heterocycles. The second-order valence-electron chi connectivity index (χ2n) is 10.9. The van der Waals surface area contributed by atoms with E-state index in [0.717, 1.165) is 65.8 Å². The molecule has 2 aliphatic carbocycles. The minimum atomic E-state index is -0.254. The van der Waals surface area contributed by atoms with Crippen molar-refractivity contribution in [2.75, 3.05) is 12.4 Å². The van der Waals surface area contributed by atoms with E-state index in [2.05, 4.69) is 24.1 Å². The number of rotatable bonds is 5. The molecule has 0 atom stereocenters. The smallest absolute Gasteiger partial charge is 0.258 e. The van der Waals surface area contributed by atoms with Crippen LogP contribution in [0.15, 0.2) is 23.0 Å². The molecule has 0 spiro atoms. The van der Waals surface area contributed by atoms with Gasteiger partial charge in [-0.05, 0) is 68.0 Å². The summed E-state index contributed by atoms with van der Waals surface area (Å²) in [5.41, 5.74) is 4.34. The first-order valence-electron chi connectivity index (χ1n) is 12.4. The molecule has 3 aromatic rings. The zero-order valence-corrected chi connectivity index (χ0v) is 20.9. The summed E-state index contributed by atoms with van der Waals surface area (Å²) in [7, 11) is 1.60. The predicted molar refractivity (Wildman–Crippen MR) is 135 cm³/mol. The van der Waals surface area contributed by atoms with E-state index < -0.39 is 0 Å². The number of nitrogens with zero attached hydrogens (tertiary/aromatic N) is 2. The average molecular weight is 479 g/mol. The Morgan fingerprint density at radius 2 is 1.91 bits per heavy atom. The summed E-state index contributed by atoms with van der Waals surface area (Å²) in [6, 6.07) is 6.05. The maximum atomic E-state index is 13.1. The van der Waals surface area contributed by atoms with Gasteiger partial charge in [-0.3, -0.25) is 9.59 Å². The molecule has 0 amide bonds. The van der Waals surface area contributed by atoms with Crippen molar-refractivity contribution in [3.63, 3.8) is 0 Å². The lowest BCUT2D eigenvalue weighted by atomic mass is 9.75. The van der Waals surface area contributed by atoms with Gasteiger partial charge < -0.3 is 20.1 Å². The van der Waals surface area contributed by atoms with Crippen LogP contribution in [0, 0.1) is 12.3 Å². The number of Topliss-reactive ketones (excluding diaryl/α,β-unsaturated/α-hetero) is 1. The number of anilines is 1. The second-order valence-corrected chi connectivity index (χ2v) is 10.9. The Kier molecular flexibility index (Phi) is 6.05. The van der Waals surface area contributed by atoms with Gasteiger partial charge in [-0.25, -0.2) is 4.68 Å². The Labute approximate surface area is 204 Å². The number of aliphatic hydroxyl groups is 1. The van der Waals surface area contributed by atoms with Gasteiger partial charge in [0.15, 0.2) is 5.78 Å². The molecule has 0 aliphatic heterocycles. The van der Waals surface area contributed by atoms with Gasteiger partial charge in [0.2, 0.25) is 0 Å². The molecule has 1 aromatic carbocycles. The number of aryl methyl sites for hydroxylation is 1. The first-order valence-corrected chi connectivity index (χ1v) is 12.4. The van der Waals surface area contributed by atoms with Gasteiger partial charge in [0, 0.05) is 31.0 Å². The lowest BCUT2D eigenvalue weighted by molar-refractivity contribution is 0.0910. The predicted octanol–water partition coefficient (Wildman–Crippen LogP) is 4.04. The summed E-state index contributed by atoms with van der Waals surface area (Å²) in [6.45, 7) is 6.42. The van der Waals surface area contributed by atoms with Crippen molar-refractivity contribution in [2.45, 2.75) is 78.0 Å². The van der Waals surface area contributed by atoms with E-state index in [9.17, 15) is 14.7 Å². The Balaban J connectivity index is 1.67. The molecule has 0 unspecified atom stereocenters. The van der Waals surface area contributed by atoms with Crippen molar-refractivity contribution < 1.29 is 14.6 Å². The fraction of sp³-hybridized carbons (Fsp3) is 0.519. The van der Waals surface area contributed by atoms with Gasteiger partial charge in [0.05, 0.1) is 40.7 Å². The molecule has 1 saturated carbocycles. The zero-order chi connectivity index (χ0) is 24.9. The number of carbonyl (C=O) groups is 1. The fourth-order valence-corrected chi connectivity index (χ4v) is 5.71. The number of carbonyl (C=O) groups excluding carboxylic acids is 1. The van der Waals surface area contributed by atoms with Crippen LogP contribution in [0.2, 0.25) is 0 Å². The summed E-state index contributed by atoms with van der Waals surface area (Å²) in [6.07, 6.45) is 4.17. The van der Waals surface area contributed by atoms with E-state index in [4.69, 9.17) is 9.84 Å². The molecule has 35 heavy (non-hydrogen) atoms. The summed E-state index contributed by atoms with van der Waals surface area (Å²) < 4.78 is 7.14. The number of ether oxygens (including phenoxy) is 1. The largest absolute Gasteiger partial charge is 0.393 e. The molecule has 8 heteroatoms. The van der Waals surface area contributed by atoms with Crippen LogP contribution < -0.4 is 10.9 Å². The van der Waals surface area contributed by atoms with Gasteiger partial charge in [0.1, 0.15) is 0 Å². The van der Waals surface area contributed by atoms with E-state index in [1.54, 1.807) is 7.11 Å². The molecule has 2 aliphatic rings. The Hall–Kier alpha value is -2.97. The molecule has 5 rings (SSSR count). The van der Waals surface area contributed by atoms with E-state index >= 15 is 0 Å².